The van der Waals surface area contributed by atoms with Gasteiger partial charge >= 0.3 is 17.9 Å². The van der Waals surface area contributed by atoms with Crippen molar-refractivity contribution >= 4 is 17.9 Å². The van der Waals surface area contributed by atoms with Crippen LogP contribution in [0.25, 0.3) is 0 Å². The zero-order valence-electron chi connectivity index (χ0n) is 45.9. The van der Waals surface area contributed by atoms with Crippen LogP contribution in [-0.2, 0) is 28.6 Å². The molecule has 0 bridgehead atoms. The third kappa shape index (κ3) is 56.6. The van der Waals surface area contributed by atoms with Crippen molar-refractivity contribution in [2.75, 3.05) is 13.2 Å². The molecule has 402 valence electrons. The van der Waals surface area contributed by atoms with Crippen molar-refractivity contribution in [2.24, 2.45) is 0 Å². The van der Waals surface area contributed by atoms with E-state index in [0.717, 1.165) is 148 Å². The quantitative estimate of drug-likeness (QED) is 0.0261. The van der Waals surface area contributed by atoms with Gasteiger partial charge in [-0.15, -0.1) is 0 Å². The van der Waals surface area contributed by atoms with E-state index in [9.17, 15) is 14.4 Å². The first-order chi connectivity index (χ1) is 35.0. The van der Waals surface area contributed by atoms with Crippen LogP contribution in [0, 0.1) is 0 Å². The van der Waals surface area contributed by atoms with Gasteiger partial charge in [0.25, 0.3) is 0 Å². The molecule has 6 nitrogen and oxygen atoms in total. The molecule has 0 aromatic carbocycles. The number of carbonyl (C=O) groups is 3. The fourth-order valence-electron chi connectivity index (χ4n) is 7.59. The highest BCUT2D eigenvalue weighted by molar-refractivity contribution is 5.71. The Morgan fingerprint density at radius 2 is 0.563 bits per heavy atom. The highest BCUT2D eigenvalue weighted by atomic mass is 16.6. The second kappa shape index (κ2) is 58.4. The molecular formula is C65H106O6. The minimum absolute atomic E-state index is 0.0894. The van der Waals surface area contributed by atoms with Gasteiger partial charge in [0, 0.05) is 19.3 Å². The summed E-state index contributed by atoms with van der Waals surface area (Å²) in [5.41, 5.74) is 0. The summed E-state index contributed by atoms with van der Waals surface area (Å²) in [6.07, 6.45) is 80.6. The first-order valence-electron chi connectivity index (χ1n) is 29.0. The molecule has 0 fully saturated rings. The van der Waals surface area contributed by atoms with Crippen LogP contribution in [0.15, 0.2) is 122 Å². The fraction of sp³-hybridized carbons (Fsp3) is 0.646. The summed E-state index contributed by atoms with van der Waals surface area (Å²) < 4.78 is 16.8. The largest absolute Gasteiger partial charge is 0.462 e. The second-order valence-electron chi connectivity index (χ2n) is 18.8. The molecule has 0 saturated carbocycles. The summed E-state index contributed by atoms with van der Waals surface area (Å²) in [5.74, 6) is -0.926. The lowest BCUT2D eigenvalue weighted by atomic mass is 10.1. The van der Waals surface area contributed by atoms with E-state index >= 15 is 0 Å². The van der Waals surface area contributed by atoms with Gasteiger partial charge in [0.2, 0.25) is 0 Å². The van der Waals surface area contributed by atoms with E-state index < -0.39 is 6.10 Å². The lowest BCUT2D eigenvalue weighted by Crippen LogP contribution is -2.30. The number of carbonyl (C=O) groups excluding carboxylic acids is 3. The van der Waals surface area contributed by atoms with Gasteiger partial charge in [-0.2, -0.15) is 0 Å². The van der Waals surface area contributed by atoms with Crippen molar-refractivity contribution in [3.8, 4) is 0 Å². The summed E-state index contributed by atoms with van der Waals surface area (Å²) in [6.45, 7) is 6.42. The smallest absolute Gasteiger partial charge is 0.306 e. The van der Waals surface area contributed by atoms with E-state index in [-0.39, 0.29) is 31.1 Å². The molecule has 0 N–H and O–H groups in total. The Morgan fingerprint density at radius 3 is 0.901 bits per heavy atom. The molecule has 0 radical (unpaired) electrons. The minimum atomic E-state index is -0.791. The van der Waals surface area contributed by atoms with E-state index in [4.69, 9.17) is 14.2 Å². The minimum Gasteiger partial charge on any atom is -0.462 e. The summed E-state index contributed by atoms with van der Waals surface area (Å²) >= 11 is 0. The molecule has 0 aliphatic rings. The molecular weight excluding hydrogens is 877 g/mol. The SMILES string of the molecule is CC/C=C\C/C=C\C/C=C\C/C=C\C/C=C\C/C=C\C/C=C\C/C=C\CCCCCCCCC(=O)OCC(COC(=O)CCCCCCCCCC)OC(=O)CCCCCCC/C=C\C/C=C\CCCC. The molecule has 0 aromatic rings. The van der Waals surface area contributed by atoms with Gasteiger partial charge in [-0.05, 0) is 109 Å². The monoisotopic (exact) mass is 983 g/mol. The van der Waals surface area contributed by atoms with Crippen molar-refractivity contribution < 1.29 is 28.6 Å². The number of hydrogen-bond acceptors (Lipinski definition) is 6. The first-order valence-corrected chi connectivity index (χ1v) is 29.0. The van der Waals surface area contributed by atoms with Gasteiger partial charge in [-0.25, -0.2) is 0 Å². The maximum absolute atomic E-state index is 12.8. The molecule has 0 saturated heterocycles. The lowest BCUT2D eigenvalue weighted by Gasteiger charge is -2.18. The Bertz CT molecular complexity index is 1500. The third-order valence-electron chi connectivity index (χ3n) is 12.0. The predicted octanol–water partition coefficient (Wildman–Crippen LogP) is 19.6. The van der Waals surface area contributed by atoms with Crippen LogP contribution in [0.3, 0.4) is 0 Å². The lowest BCUT2D eigenvalue weighted by molar-refractivity contribution is -0.167. The van der Waals surface area contributed by atoms with Crippen molar-refractivity contribution in [1.82, 2.24) is 0 Å². The molecule has 71 heavy (non-hydrogen) atoms. The highest BCUT2D eigenvalue weighted by Crippen LogP contribution is 2.14. The Kier molecular flexibility index (Phi) is 54.9. The highest BCUT2D eigenvalue weighted by Gasteiger charge is 2.19. The van der Waals surface area contributed by atoms with Crippen molar-refractivity contribution in [2.45, 2.75) is 258 Å². The second-order valence-corrected chi connectivity index (χ2v) is 18.8. The van der Waals surface area contributed by atoms with Crippen LogP contribution in [0.1, 0.15) is 252 Å². The third-order valence-corrected chi connectivity index (χ3v) is 12.0. The molecule has 0 rings (SSSR count). The Morgan fingerprint density at radius 1 is 0.296 bits per heavy atom. The van der Waals surface area contributed by atoms with Gasteiger partial charge in [-0.1, -0.05) is 245 Å². The van der Waals surface area contributed by atoms with E-state index in [1.165, 1.54) is 64.2 Å². The van der Waals surface area contributed by atoms with E-state index in [0.29, 0.717) is 19.3 Å². The van der Waals surface area contributed by atoms with Crippen LogP contribution in [0.4, 0.5) is 0 Å². The summed E-state index contributed by atoms with van der Waals surface area (Å²) in [6, 6.07) is 0. The van der Waals surface area contributed by atoms with Crippen molar-refractivity contribution in [3.05, 3.63) is 122 Å². The standard InChI is InChI=1S/C65H106O6/c1-4-7-10-13-16-19-21-23-25-26-27-28-29-30-31-32-33-34-35-36-37-38-39-40-41-43-44-46-49-52-55-58-64(67)70-61-62(60-69-63(66)57-54-51-48-18-15-12-9-6-3)71-65(68)59-56-53-50-47-45-42-24-22-20-17-14-11-8-5-2/h7,10,14,16-17,19,22-25,27-28,30-31,33-34,36-37,39-40,62H,4-6,8-9,11-13,15,18,20-21,26,29,32,35,38,41-61H2,1-3H3/b10-7-,17-14-,19-16-,24-22-,25-23-,28-27-,31-30-,34-33-,37-36-,40-39-. The number of esters is 3. The molecule has 0 aromatic heterocycles. The Hall–Kier alpha value is -4.19. The van der Waals surface area contributed by atoms with Crippen LogP contribution in [-0.4, -0.2) is 37.2 Å². The maximum Gasteiger partial charge on any atom is 0.306 e. The zero-order valence-corrected chi connectivity index (χ0v) is 45.9. The van der Waals surface area contributed by atoms with Gasteiger partial charge in [0.15, 0.2) is 6.10 Å². The Balaban J connectivity index is 4.23. The molecule has 0 heterocycles. The Labute approximate surface area is 437 Å². The van der Waals surface area contributed by atoms with E-state index in [1.807, 2.05) is 0 Å². The fourth-order valence-corrected chi connectivity index (χ4v) is 7.59. The average Bonchev–Trinajstić information content (AvgIpc) is 3.37. The number of allylic oxidation sites excluding steroid dienone is 20. The first kappa shape index (κ1) is 66.8. The summed E-state index contributed by atoms with van der Waals surface area (Å²) in [7, 11) is 0. The molecule has 0 amide bonds. The van der Waals surface area contributed by atoms with Crippen LogP contribution < -0.4 is 0 Å². The van der Waals surface area contributed by atoms with E-state index in [1.54, 1.807) is 0 Å². The molecule has 1 atom stereocenters. The number of ether oxygens (including phenoxy) is 3. The van der Waals surface area contributed by atoms with Gasteiger partial charge < -0.3 is 14.2 Å². The van der Waals surface area contributed by atoms with Crippen molar-refractivity contribution in [3.63, 3.8) is 0 Å². The topological polar surface area (TPSA) is 78.9 Å². The van der Waals surface area contributed by atoms with Gasteiger partial charge in [-0.3, -0.25) is 14.4 Å². The summed E-state index contributed by atoms with van der Waals surface area (Å²) in [5, 5.41) is 0. The van der Waals surface area contributed by atoms with Crippen LogP contribution in [0.5, 0.6) is 0 Å². The molecule has 0 spiro atoms. The van der Waals surface area contributed by atoms with Crippen LogP contribution in [0.2, 0.25) is 0 Å². The number of hydrogen-bond donors (Lipinski definition) is 0. The van der Waals surface area contributed by atoms with E-state index in [2.05, 4.69) is 142 Å². The molecule has 0 aliphatic carbocycles. The summed E-state index contributed by atoms with van der Waals surface area (Å²) in [4.78, 5) is 37.9. The zero-order chi connectivity index (χ0) is 51.4. The van der Waals surface area contributed by atoms with Crippen LogP contribution >= 0.6 is 0 Å². The molecule has 6 heteroatoms. The van der Waals surface area contributed by atoms with Crippen molar-refractivity contribution in [1.29, 1.82) is 0 Å². The number of unbranched alkanes of at least 4 members (excludes halogenated alkanes) is 20. The maximum atomic E-state index is 12.8. The molecule has 0 aliphatic heterocycles. The van der Waals surface area contributed by atoms with Gasteiger partial charge in [0.05, 0.1) is 0 Å². The number of rotatable bonds is 51. The average molecular weight is 984 g/mol. The predicted molar refractivity (Wildman–Crippen MR) is 306 cm³/mol. The normalized spacial score (nSPS) is 13.0. The van der Waals surface area contributed by atoms with Gasteiger partial charge in [0.1, 0.15) is 13.2 Å². The molecule has 1 unspecified atom stereocenters.